The predicted molar refractivity (Wildman–Crippen MR) is 67.0 cm³/mol. The Bertz CT molecular complexity index is 627. The van der Waals surface area contributed by atoms with E-state index >= 15 is 0 Å². The molecule has 4 nitrogen and oxygen atoms in total. The van der Waals surface area contributed by atoms with E-state index in [1.165, 1.54) is 6.07 Å². The maximum Gasteiger partial charge on any atom is 0.244 e. The molecular formula is C12H10BrF2N3O. The molecule has 19 heavy (non-hydrogen) atoms. The van der Waals surface area contributed by atoms with E-state index in [4.69, 9.17) is 10.3 Å². The molecule has 0 spiro atoms. The fraction of sp³-hybridized carbons (Fsp3) is 0.333. The number of hydrogen-bond donors (Lipinski definition) is 1. The SMILES string of the molecule is NC(c1nc(-c2ccc(F)c(F)c2Br)no1)C1CC1. The number of rotatable bonds is 3. The molecule has 1 fully saturated rings. The molecule has 2 aromatic rings. The van der Waals surface area contributed by atoms with Gasteiger partial charge in [0.2, 0.25) is 11.7 Å². The van der Waals surface area contributed by atoms with Crippen LogP contribution in [0.5, 0.6) is 0 Å². The van der Waals surface area contributed by atoms with Gasteiger partial charge in [-0.3, -0.25) is 0 Å². The molecule has 0 amide bonds. The number of halogens is 3. The van der Waals surface area contributed by atoms with E-state index in [9.17, 15) is 8.78 Å². The van der Waals surface area contributed by atoms with Gasteiger partial charge >= 0.3 is 0 Å². The van der Waals surface area contributed by atoms with Gasteiger partial charge in [-0.25, -0.2) is 8.78 Å². The van der Waals surface area contributed by atoms with Crippen LogP contribution in [0.25, 0.3) is 11.4 Å². The Morgan fingerprint density at radius 3 is 2.79 bits per heavy atom. The molecule has 7 heteroatoms. The second-order valence-corrected chi connectivity index (χ2v) is 5.34. The normalized spacial score (nSPS) is 16.6. The van der Waals surface area contributed by atoms with Crippen molar-refractivity contribution < 1.29 is 13.3 Å². The molecule has 1 aliphatic rings. The summed E-state index contributed by atoms with van der Waals surface area (Å²) in [5.41, 5.74) is 6.27. The summed E-state index contributed by atoms with van der Waals surface area (Å²) in [4.78, 5) is 4.15. The summed E-state index contributed by atoms with van der Waals surface area (Å²) in [5.74, 6) is -1.02. The quantitative estimate of drug-likeness (QED) is 0.878. The largest absolute Gasteiger partial charge is 0.337 e. The molecule has 3 rings (SSSR count). The summed E-state index contributed by atoms with van der Waals surface area (Å²) >= 11 is 2.99. The molecule has 0 bridgehead atoms. The summed E-state index contributed by atoms with van der Waals surface area (Å²) in [5, 5.41) is 3.76. The van der Waals surface area contributed by atoms with Gasteiger partial charge in [0.1, 0.15) is 0 Å². The Balaban J connectivity index is 1.96. The zero-order chi connectivity index (χ0) is 13.6. The Hall–Kier alpha value is -1.34. The van der Waals surface area contributed by atoms with E-state index in [0.29, 0.717) is 17.4 Å². The molecule has 1 aromatic heterocycles. The lowest BCUT2D eigenvalue weighted by Crippen LogP contribution is -2.12. The van der Waals surface area contributed by atoms with E-state index in [1.54, 1.807) is 0 Å². The van der Waals surface area contributed by atoms with Gasteiger partial charge in [-0.1, -0.05) is 5.16 Å². The van der Waals surface area contributed by atoms with Crippen LogP contribution < -0.4 is 5.73 Å². The number of aromatic nitrogens is 2. The average molecular weight is 330 g/mol. The second kappa shape index (κ2) is 4.64. The number of benzene rings is 1. The van der Waals surface area contributed by atoms with Crippen molar-refractivity contribution in [3.8, 4) is 11.4 Å². The van der Waals surface area contributed by atoms with Crippen LogP contribution in [0.1, 0.15) is 24.8 Å². The highest BCUT2D eigenvalue weighted by Gasteiger charge is 2.33. The van der Waals surface area contributed by atoms with Crippen molar-refractivity contribution in [3.63, 3.8) is 0 Å². The summed E-state index contributed by atoms with van der Waals surface area (Å²) in [6, 6.07) is 2.12. The van der Waals surface area contributed by atoms with Crippen molar-refractivity contribution in [1.82, 2.24) is 10.1 Å². The highest BCUT2D eigenvalue weighted by Crippen LogP contribution is 2.39. The maximum atomic E-state index is 13.4. The van der Waals surface area contributed by atoms with Crippen molar-refractivity contribution in [1.29, 1.82) is 0 Å². The third-order valence-corrected chi connectivity index (χ3v) is 3.91. The minimum atomic E-state index is -0.977. The topological polar surface area (TPSA) is 64.9 Å². The van der Waals surface area contributed by atoms with Crippen molar-refractivity contribution >= 4 is 15.9 Å². The molecule has 1 atom stereocenters. The van der Waals surface area contributed by atoms with E-state index in [-0.39, 0.29) is 16.3 Å². The number of nitrogens with zero attached hydrogens (tertiary/aromatic N) is 2. The van der Waals surface area contributed by atoms with Crippen LogP contribution in [0, 0.1) is 17.6 Å². The molecule has 100 valence electrons. The van der Waals surface area contributed by atoms with Gasteiger partial charge in [0, 0.05) is 5.56 Å². The molecule has 1 heterocycles. The minimum absolute atomic E-state index is 0.0279. The second-order valence-electron chi connectivity index (χ2n) is 4.54. The summed E-state index contributed by atoms with van der Waals surface area (Å²) < 4.78 is 31.5. The molecular weight excluding hydrogens is 320 g/mol. The molecule has 0 radical (unpaired) electrons. The van der Waals surface area contributed by atoms with Crippen LogP contribution in [0.4, 0.5) is 8.78 Å². The minimum Gasteiger partial charge on any atom is -0.337 e. The Labute approximate surface area is 116 Å². The van der Waals surface area contributed by atoms with Gasteiger partial charge in [-0.2, -0.15) is 4.98 Å². The molecule has 1 aromatic carbocycles. The highest BCUT2D eigenvalue weighted by atomic mass is 79.9. The van der Waals surface area contributed by atoms with Crippen LogP contribution in [0.2, 0.25) is 0 Å². The lowest BCUT2D eigenvalue weighted by molar-refractivity contribution is 0.343. The van der Waals surface area contributed by atoms with Gasteiger partial charge in [-0.05, 0) is 46.8 Å². The van der Waals surface area contributed by atoms with Gasteiger partial charge < -0.3 is 10.3 Å². The first-order valence-corrected chi connectivity index (χ1v) is 6.60. The molecule has 1 unspecified atom stereocenters. The average Bonchev–Trinajstić information content (AvgIpc) is 3.14. The van der Waals surface area contributed by atoms with Crippen LogP contribution in [-0.4, -0.2) is 10.1 Å². The van der Waals surface area contributed by atoms with Crippen LogP contribution in [-0.2, 0) is 0 Å². The van der Waals surface area contributed by atoms with Crippen molar-refractivity contribution in [2.45, 2.75) is 18.9 Å². The van der Waals surface area contributed by atoms with Crippen molar-refractivity contribution in [2.24, 2.45) is 11.7 Å². The third kappa shape index (κ3) is 2.28. The summed E-state index contributed by atoms with van der Waals surface area (Å²) in [6.45, 7) is 0. The maximum absolute atomic E-state index is 13.4. The fourth-order valence-electron chi connectivity index (χ4n) is 1.84. The molecule has 1 aliphatic carbocycles. The van der Waals surface area contributed by atoms with Crippen LogP contribution in [0.15, 0.2) is 21.1 Å². The van der Waals surface area contributed by atoms with E-state index in [1.807, 2.05) is 0 Å². The van der Waals surface area contributed by atoms with E-state index in [2.05, 4.69) is 26.1 Å². The van der Waals surface area contributed by atoms with Gasteiger partial charge in [-0.15, -0.1) is 0 Å². The van der Waals surface area contributed by atoms with Gasteiger partial charge in [0.25, 0.3) is 0 Å². The lowest BCUT2D eigenvalue weighted by Gasteiger charge is -2.02. The summed E-state index contributed by atoms with van der Waals surface area (Å²) in [7, 11) is 0. The Morgan fingerprint density at radius 1 is 1.37 bits per heavy atom. The third-order valence-electron chi connectivity index (χ3n) is 3.13. The Morgan fingerprint density at radius 2 is 2.11 bits per heavy atom. The Kier molecular flexibility index (Phi) is 3.10. The molecule has 2 N–H and O–H groups in total. The standard InChI is InChI=1S/C12H10BrF2N3O/c13-8-6(3-4-7(14)9(8)15)11-17-12(19-18-11)10(16)5-1-2-5/h3-5,10H,1-2,16H2. The zero-order valence-corrected chi connectivity index (χ0v) is 11.3. The van der Waals surface area contributed by atoms with Crippen molar-refractivity contribution in [2.75, 3.05) is 0 Å². The van der Waals surface area contributed by atoms with Gasteiger partial charge in [0.15, 0.2) is 11.6 Å². The predicted octanol–water partition coefficient (Wildman–Crippen LogP) is 3.19. The van der Waals surface area contributed by atoms with Gasteiger partial charge in [0.05, 0.1) is 10.5 Å². The number of hydrogen-bond acceptors (Lipinski definition) is 4. The first kappa shape index (κ1) is 12.7. The molecule has 1 saturated carbocycles. The smallest absolute Gasteiger partial charge is 0.244 e. The van der Waals surface area contributed by atoms with E-state index < -0.39 is 11.6 Å². The van der Waals surface area contributed by atoms with Crippen LogP contribution in [0.3, 0.4) is 0 Å². The fourth-order valence-corrected chi connectivity index (χ4v) is 2.33. The van der Waals surface area contributed by atoms with Crippen molar-refractivity contribution in [3.05, 3.63) is 34.1 Å². The van der Waals surface area contributed by atoms with E-state index in [0.717, 1.165) is 18.9 Å². The first-order chi connectivity index (χ1) is 9.08. The highest BCUT2D eigenvalue weighted by molar-refractivity contribution is 9.10. The zero-order valence-electron chi connectivity index (χ0n) is 9.74. The monoisotopic (exact) mass is 329 g/mol. The van der Waals surface area contributed by atoms with Crippen LogP contribution >= 0.6 is 15.9 Å². The lowest BCUT2D eigenvalue weighted by atomic mass is 10.2. The first-order valence-electron chi connectivity index (χ1n) is 5.81. The molecule has 0 aliphatic heterocycles. The number of nitrogens with two attached hydrogens (primary N) is 1. The molecule has 0 saturated heterocycles. The summed E-state index contributed by atoms with van der Waals surface area (Å²) in [6.07, 6.45) is 2.10.